The summed E-state index contributed by atoms with van der Waals surface area (Å²) in [5.41, 5.74) is -0.514. The van der Waals surface area contributed by atoms with E-state index in [1.807, 2.05) is 12.2 Å². The third-order valence-corrected chi connectivity index (χ3v) is 8.47. The molecule has 2 saturated heterocycles. The van der Waals surface area contributed by atoms with Crippen molar-refractivity contribution in [3.63, 3.8) is 0 Å². The molecule has 2 bridgehead atoms. The van der Waals surface area contributed by atoms with E-state index in [2.05, 4.69) is 17.6 Å². The van der Waals surface area contributed by atoms with Crippen LogP contribution in [0.5, 0.6) is 5.75 Å². The second-order valence-electron chi connectivity index (χ2n) is 10.9. The topological polar surface area (TPSA) is 97.0 Å². The number of hydrogen-bond donors (Lipinski definition) is 2. The normalized spacial score (nSPS) is 30.4. The first-order chi connectivity index (χ1) is 18.0. The minimum Gasteiger partial charge on any atom is -0.497 e. The molecule has 1 aromatic carbocycles. The predicted molar refractivity (Wildman–Crippen MR) is 140 cm³/mol. The highest BCUT2D eigenvalue weighted by Gasteiger charge is 2.72. The predicted octanol–water partition coefficient (Wildman–Crippen LogP) is 3.81. The molecule has 1 spiro atoms. The summed E-state index contributed by atoms with van der Waals surface area (Å²) in [6.07, 6.45) is 12.5. The van der Waals surface area contributed by atoms with Crippen LogP contribution in [0.15, 0.2) is 36.4 Å². The number of anilines is 1. The molecule has 8 heteroatoms. The lowest BCUT2D eigenvalue weighted by molar-refractivity contribution is -0.141. The highest BCUT2D eigenvalue weighted by molar-refractivity contribution is 6.02. The number of hydrogen-bond acceptors (Lipinski definition) is 5. The van der Waals surface area contributed by atoms with E-state index in [-0.39, 0.29) is 23.8 Å². The lowest BCUT2D eigenvalue weighted by Crippen LogP contribution is -2.56. The molecule has 1 saturated carbocycles. The largest absolute Gasteiger partial charge is 0.497 e. The van der Waals surface area contributed by atoms with Crippen molar-refractivity contribution < 1.29 is 23.9 Å². The first kappa shape index (κ1) is 25.8. The maximum Gasteiger partial charge on any atom is 0.246 e. The van der Waals surface area contributed by atoms with E-state index in [0.717, 1.165) is 51.4 Å². The van der Waals surface area contributed by atoms with Crippen molar-refractivity contribution in [2.45, 2.75) is 88.5 Å². The smallest absolute Gasteiger partial charge is 0.246 e. The molecule has 3 unspecified atom stereocenters. The molecule has 1 aliphatic carbocycles. The Labute approximate surface area is 219 Å². The fraction of sp³-hybridized carbons (Fsp3) is 0.621. The van der Waals surface area contributed by atoms with Crippen LogP contribution in [0.3, 0.4) is 0 Å². The summed E-state index contributed by atoms with van der Waals surface area (Å²) in [5.74, 6) is -1.37. The number of fused-ring (bicyclic) bond motifs is 1. The third kappa shape index (κ3) is 4.76. The van der Waals surface area contributed by atoms with Crippen LogP contribution >= 0.6 is 0 Å². The van der Waals surface area contributed by atoms with Gasteiger partial charge in [0.1, 0.15) is 17.4 Å². The molecule has 3 aliphatic heterocycles. The van der Waals surface area contributed by atoms with Crippen molar-refractivity contribution >= 4 is 23.4 Å². The van der Waals surface area contributed by atoms with Crippen molar-refractivity contribution in [3.8, 4) is 5.75 Å². The summed E-state index contributed by atoms with van der Waals surface area (Å²) in [6, 6.07) is 6.51. The van der Waals surface area contributed by atoms with Crippen molar-refractivity contribution in [2.75, 3.05) is 19.0 Å². The number of benzene rings is 1. The van der Waals surface area contributed by atoms with E-state index in [0.29, 0.717) is 18.0 Å². The molecular weight excluding hydrogens is 470 g/mol. The maximum atomic E-state index is 13.9. The second-order valence-corrected chi connectivity index (χ2v) is 10.9. The van der Waals surface area contributed by atoms with Gasteiger partial charge >= 0.3 is 0 Å². The number of carbonyl (C=O) groups excluding carboxylic acids is 3. The Kier molecular flexibility index (Phi) is 7.56. The number of likely N-dealkylation sites (tertiary alicyclic amines) is 1. The zero-order valence-electron chi connectivity index (χ0n) is 21.9. The van der Waals surface area contributed by atoms with Gasteiger partial charge in [0.15, 0.2) is 0 Å². The molecule has 200 valence electrons. The Morgan fingerprint density at radius 1 is 1.14 bits per heavy atom. The van der Waals surface area contributed by atoms with Gasteiger partial charge < -0.3 is 25.0 Å². The van der Waals surface area contributed by atoms with Crippen LogP contribution in [0.4, 0.5) is 5.69 Å². The van der Waals surface area contributed by atoms with Gasteiger partial charge in [0.25, 0.3) is 0 Å². The summed E-state index contributed by atoms with van der Waals surface area (Å²) in [5, 5.41) is 6.19. The van der Waals surface area contributed by atoms with Gasteiger partial charge in [-0.1, -0.05) is 63.7 Å². The second kappa shape index (κ2) is 10.9. The van der Waals surface area contributed by atoms with Crippen molar-refractivity contribution in [1.29, 1.82) is 0 Å². The molecule has 3 heterocycles. The number of unbranched alkanes of at least 4 members (excludes halogenated alkanes) is 3. The van der Waals surface area contributed by atoms with E-state index >= 15 is 0 Å². The molecule has 0 radical (unpaired) electrons. The molecule has 8 nitrogen and oxygen atoms in total. The van der Waals surface area contributed by atoms with Crippen LogP contribution in [0, 0.1) is 11.8 Å². The highest BCUT2D eigenvalue weighted by Crippen LogP contribution is 2.55. The highest BCUT2D eigenvalue weighted by atomic mass is 16.5. The van der Waals surface area contributed by atoms with E-state index < -0.39 is 29.6 Å². The zero-order valence-corrected chi connectivity index (χ0v) is 21.9. The Hall–Kier alpha value is -2.87. The van der Waals surface area contributed by atoms with Gasteiger partial charge in [0, 0.05) is 24.3 Å². The molecule has 1 aromatic rings. The Balaban J connectivity index is 1.40. The number of carbonyl (C=O) groups is 3. The molecule has 5 rings (SSSR count). The summed E-state index contributed by atoms with van der Waals surface area (Å²) in [7, 11) is 1.57. The van der Waals surface area contributed by atoms with Gasteiger partial charge in [-0.05, 0) is 31.4 Å². The Morgan fingerprint density at radius 3 is 2.70 bits per heavy atom. The summed E-state index contributed by atoms with van der Waals surface area (Å²) in [6.45, 7) is 2.64. The van der Waals surface area contributed by atoms with E-state index in [1.165, 1.54) is 6.42 Å². The number of nitrogens with one attached hydrogen (secondary N) is 2. The van der Waals surface area contributed by atoms with Crippen LogP contribution in [0.1, 0.15) is 64.7 Å². The van der Waals surface area contributed by atoms with E-state index in [1.54, 1.807) is 36.3 Å². The van der Waals surface area contributed by atoms with E-state index in [9.17, 15) is 14.4 Å². The van der Waals surface area contributed by atoms with Crippen molar-refractivity contribution in [3.05, 3.63) is 36.4 Å². The minimum absolute atomic E-state index is 0.128. The van der Waals surface area contributed by atoms with Crippen LogP contribution < -0.4 is 15.4 Å². The zero-order chi connectivity index (χ0) is 26.0. The molecular formula is C29H39N3O5. The quantitative estimate of drug-likeness (QED) is 0.369. The minimum atomic E-state index is -1.11. The molecule has 2 N–H and O–H groups in total. The first-order valence-electron chi connectivity index (χ1n) is 13.9. The average Bonchev–Trinajstić information content (AvgIpc) is 3.54. The molecule has 5 atom stereocenters. The van der Waals surface area contributed by atoms with Crippen LogP contribution in [0.25, 0.3) is 0 Å². The number of methoxy groups -OCH3 is 1. The van der Waals surface area contributed by atoms with Gasteiger partial charge in [-0.15, -0.1) is 0 Å². The van der Waals surface area contributed by atoms with Gasteiger partial charge in [-0.3, -0.25) is 14.4 Å². The third-order valence-electron chi connectivity index (χ3n) is 8.47. The SMILES string of the molecule is CCCCCCN1C(=O)[C@H]2C(C(=O)Nc3cccc(OC)c3)[C@H]3C=CC2(O3)C1C(=O)NC1CCCCC1. The summed E-state index contributed by atoms with van der Waals surface area (Å²) in [4.78, 5) is 43.0. The summed E-state index contributed by atoms with van der Waals surface area (Å²) >= 11 is 0. The average molecular weight is 510 g/mol. The van der Waals surface area contributed by atoms with Crippen LogP contribution in [-0.2, 0) is 19.1 Å². The first-order valence-corrected chi connectivity index (χ1v) is 13.9. The summed E-state index contributed by atoms with van der Waals surface area (Å²) < 4.78 is 11.7. The molecule has 37 heavy (non-hydrogen) atoms. The molecule has 0 aromatic heterocycles. The maximum absolute atomic E-state index is 13.9. The van der Waals surface area contributed by atoms with Crippen molar-refractivity contribution in [1.82, 2.24) is 10.2 Å². The lowest BCUT2D eigenvalue weighted by Gasteiger charge is -2.34. The monoisotopic (exact) mass is 509 g/mol. The molecule has 3 amide bonds. The van der Waals surface area contributed by atoms with Crippen LogP contribution in [-0.4, -0.2) is 60.1 Å². The standard InChI is InChI=1S/C29H39N3O5/c1-3-4-5-9-17-32-25(27(34)30-19-11-7-6-8-12-19)29-16-15-22(37-29)23(24(29)28(32)35)26(33)31-20-13-10-14-21(18-20)36-2/h10,13-16,18-19,22-25H,3-9,11-12,17H2,1-2H3,(H,30,34)(H,31,33)/t22-,23?,24-,25?,29?/m1/s1. The molecule has 4 aliphatic rings. The van der Waals surface area contributed by atoms with Gasteiger partial charge in [0.2, 0.25) is 17.7 Å². The van der Waals surface area contributed by atoms with Crippen molar-refractivity contribution in [2.24, 2.45) is 11.8 Å². The number of amides is 3. The Bertz CT molecular complexity index is 1050. The number of nitrogens with zero attached hydrogens (tertiary/aromatic N) is 1. The fourth-order valence-corrected chi connectivity index (χ4v) is 6.67. The van der Waals surface area contributed by atoms with Gasteiger partial charge in [-0.25, -0.2) is 0 Å². The fourth-order valence-electron chi connectivity index (χ4n) is 6.67. The number of ether oxygens (including phenoxy) is 2. The molecule has 3 fully saturated rings. The van der Waals surface area contributed by atoms with Gasteiger partial charge in [0.05, 0.1) is 25.0 Å². The van der Waals surface area contributed by atoms with E-state index in [4.69, 9.17) is 9.47 Å². The lowest BCUT2D eigenvalue weighted by atomic mass is 9.74. The van der Waals surface area contributed by atoms with Gasteiger partial charge in [-0.2, -0.15) is 0 Å². The Morgan fingerprint density at radius 2 is 1.95 bits per heavy atom. The number of rotatable bonds is 10. The van der Waals surface area contributed by atoms with Crippen LogP contribution in [0.2, 0.25) is 0 Å².